The molecule has 0 amide bonds. The molecule has 0 aromatic rings. The first-order valence-electron chi connectivity index (χ1n) is 6.07. The molecule has 1 fully saturated rings. The van der Waals surface area contributed by atoms with E-state index in [1.54, 1.807) is 14.0 Å². The van der Waals surface area contributed by atoms with Gasteiger partial charge in [0.15, 0.2) is 5.25 Å². The third kappa shape index (κ3) is 3.66. The molecule has 98 valence electrons. The van der Waals surface area contributed by atoms with Gasteiger partial charge in [-0.1, -0.05) is 6.92 Å². The van der Waals surface area contributed by atoms with Crippen LogP contribution in [0.25, 0.3) is 0 Å². The average Bonchev–Trinajstić information content (AvgIpc) is 2.31. The maximum atomic E-state index is 12.1. The Morgan fingerprint density at radius 1 is 1.47 bits per heavy atom. The van der Waals surface area contributed by atoms with Crippen molar-refractivity contribution in [3.8, 4) is 6.07 Å². The van der Waals surface area contributed by atoms with E-state index in [1.165, 1.54) is 4.31 Å². The predicted molar refractivity (Wildman–Crippen MR) is 66.8 cm³/mol. The van der Waals surface area contributed by atoms with E-state index < -0.39 is 15.3 Å². The first-order chi connectivity index (χ1) is 8.02. The molecule has 0 saturated carbocycles. The molecule has 1 rings (SSSR count). The van der Waals surface area contributed by atoms with Gasteiger partial charge in [-0.25, -0.2) is 12.7 Å². The Kier molecular flexibility index (Phi) is 5.37. The van der Waals surface area contributed by atoms with Crippen molar-refractivity contribution < 1.29 is 8.42 Å². The molecule has 5 nitrogen and oxygen atoms in total. The van der Waals surface area contributed by atoms with Gasteiger partial charge in [0, 0.05) is 13.6 Å². The monoisotopic (exact) mass is 259 g/mol. The van der Waals surface area contributed by atoms with E-state index in [0.29, 0.717) is 18.9 Å². The summed E-state index contributed by atoms with van der Waals surface area (Å²) in [6.07, 6.45) is 2.35. The Morgan fingerprint density at radius 2 is 2.06 bits per heavy atom. The Hall–Kier alpha value is -0.640. The van der Waals surface area contributed by atoms with Crippen molar-refractivity contribution in [3.05, 3.63) is 0 Å². The van der Waals surface area contributed by atoms with Gasteiger partial charge in [-0.3, -0.25) is 0 Å². The lowest BCUT2D eigenvalue weighted by Gasteiger charge is -2.28. The number of sulfonamides is 1. The molecule has 1 atom stereocenters. The minimum Gasteiger partial charge on any atom is -0.317 e. The molecule has 1 aliphatic heterocycles. The van der Waals surface area contributed by atoms with Crippen LogP contribution in [-0.2, 0) is 10.0 Å². The molecular weight excluding hydrogens is 238 g/mol. The Morgan fingerprint density at radius 3 is 2.53 bits per heavy atom. The summed E-state index contributed by atoms with van der Waals surface area (Å²) >= 11 is 0. The number of rotatable bonds is 5. The van der Waals surface area contributed by atoms with Gasteiger partial charge in [-0.15, -0.1) is 0 Å². The van der Waals surface area contributed by atoms with Crippen LogP contribution in [0.1, 0.15) is 26.2 Å². The molecule has 0 aromatic heterocycles. The molecule has 1 N–H and O–H groups in total. The maximum Gasteiger partial charge on any atom is 0.230 e. The molecule has 0 radical (unpaired) electrons. The number of nitrogens with zero attached hydrogens (tertiary/aromatic N) is 2. The highest BCUT2D eigenvalue weighted by Gasteiger charge is 2.30. The summed E-state index contributed by atoms with van der Waals surface area (Å²) in [5.41, 5.74) is 0. The van der Waals surface area contributed by atoms with Crippen molar-refractivity contribution >= 4 is 10.0 Å². The van der Waals surface area contributed by atoms with E-state index >= 15 is 0 Å². The topological polar surface area (TPSA) is 73.2 Å². The summed E-state index contributed by atoms with van der Waals surface area (Å²) in [6, 6.07) is 1.87. The smallest absolute Gasteiger partial charge is 0.230 e. The van der Waals surface area contributed by atoms with Crippen LogP contribution in [-0.4, -0.2) is 44.7 Å². The molecule has 0 spiro atoms. The lowest BCUT2D eigenvalue weighted by Crippen LogP contribution is -2.40. The molecule has 6 heteroatoms. The van der Waals surface area contributed by atoms with Gasteiger partial charge < -0.3 is 5.32 Å². The number of hydrogen-bond acceptors (Lipinski definition) is 4. The molecule has 1 saturated heterocycles. The van der Waals surface area contributed by atoms with Gasteiger partial charge in [0.1, 0.15) is 0 Å². The van der Waals surface area contributed by atoms with Crippen LogP contribution in [0.2, 0.25) is 0 Å². The second kappa shape index (κ2) is 6.34. The van der Waals surface area contributed by atoms with E-state index in [2.05, 4.69) is 5.32 Å². The SMILES string of the molecule is CCC(C#N)S(=O)(=O)N(C)CC1CCNCC1. The third-order valence-electron chi connectivity index (χ3n) is 3.28. The van der Waals surface area contributed by atoms with E-state index in [4.69, 9.17) is 5.26 Å². The number of piperidine rings is 1. The zero-order valence-electron chi connectivity index (χ0n) is 10.5. The highest BCUT2D eigenvalue weighted by Crippen LogP contribution is 2.17. The second-order valence-corrected chi connectivity index (χ2v) is 6.77. The fourth-order valence-corrected chi connectivity index (χ4v) is 3.52. The zero-order valence-corrected chi connectivity index (χ0v) is 11.3. The highest BCUT2D eigenvalue weighted by atomic mass is 32.2. The molecular formula is C11H21N3O2S. The number of hydrogen-bond donors (Lipinski definition) is 1. The van der Waals surface area contributed by atoms with Crippen molar-refractivity contribution in [2.45, 2.75) is 31.4 Å². The summed E-state index contributed by atoms with van der Waals surface area (Å²) in [5, 5.41) is 11.2. The van der Waals surface area contributed by atoms with Gasteiger partial charge in [-0.2, -0.15) is 5.26 Å². The second-order valence-electron chi connectivity index (χ2n) is 4.54. The van der Waals surface area contributed by atoms with E-state index in [0.717, 1.165) is 25.9 Å². The molecule has 1 aliphatic rings. The third-order valence-corrected chi connectivity index (χ3v) is 5.46. The molecule has 17 heavy (non-hydrogen) atoms. The summed E-state index contributed by atoms with van der Waals surface area (Å²) in [4.78, 5) is 0. The van der Waals surface area contributed by atoms with Crippen LogP contribution in [0.4, 0.5) is 0 Å². The molecule has 0 aromatic carbocycles. The normalized spacial score (nSPS) is 20.1. The quantitative estimate of drug-likeness (QED) is 0.782. The first-order valence-corrected chi connectivity index (χ1v) is 7.58. The van der Waals surface area contributed by atoms with E-state index in [9.17, 15) is 8.42 Å². The first kappa shape index (κ1) is 14.4. The van der Waals surface area contributed by atoms with Crippen molar-refractivity contribution in [1.29, 1.82) is 5.26 Å². The van der Waals surface area contributed by atoms with Crippen molar-refractivity contribution in [3.63, 3.8) is 0 Å². The Balaban J connectivity index is 2.62. The predicted octanol–water partition coefficient (Wildman–Crippen LogP) is 0.550. The lowest BCUT2D eigenvalue weighted by molar-refractivity contribution is 0.310. The van der Waals surface area contributed by atoms with Gasteiger partial charge in [-0.05, 0) is 38.3 Å². The lowest BCUT2D eigenvalue weighted by atomic mass is 9.98. The fourth-order valence-electron chi connectivity index (χ4n) is 2.12. The largest absolute Gasteiger partial charge is 0.317 e. The van der Waals surface area contributed by atoms with Crippen LogP contribution in [0.15, 0.2) is 0 Å². The average molecular weight is 259 g/mol. The minimum absolute atomic E-state index is 0.343. The van der Waals surface area contributed by atoms with E-state index in [-0.39, 0.29) is 0 Å². The number of nitriles is 1. The molecule has 1 heterocycles. The van der Waals surface area contributed by atoms with Gasteiger partial charge in [0.2, 0.25) is 10.0 Å². The van der Waals surface area contributed by atoms with Crippen LogP contribution in [0.3, 0.4) is 0 Å². The fraction of sp³-hybridized carbons (Fsp3) is 0.909. The maximum absolute atomic E-state index is 12.1. The van der Waals surface area contributed by atoms with Gasteiger partial charge in [0.05, 0.1) is 6.07 Å². The standard InChI is InChI=1S/C11H21N3O2S/c1-3-11(8-12)17(15,16)14(2)9-10-4-6-13-7-5-10/h10-11,13H,3-7,9H2,1-2H3. The van der Waals surface area contributed by atoms with Crippen molar-refractivity contribution in [2.24, 2.45) is 5.92 Å². The van der Waals surface area contributed by atoms with Crippen LogP contribution in [0.5, 0.6) is 0 Å². The van der Waals surface area contributed by atoms with Crippen LogP contribution < -0.4 is 5.32 Å². The van der Waals surface area contributed by atoms with E-state index in [1.807, 2.05) is 6.07 Å². The Labute approximate surface area is 104 Å². The number of nitrogens with one attached hydrogen (secondary N) is 1. The van der Waals surface area contributed by atoms with Gasteiger partial charge >= 0.3 is 0 Å². The van der Waals surface area contributed by atoms with Crippen molar-refractivity contribution in [1.82, 2.24) is 9.62 Å². The molecule has 0 bridgehead atoms. The highest BCUT2D eigenvalue weighted by molar-refractivity contribution is 7.89. The summed E-state index contributed by atoms with van der Waals surface area (Å²) in [5.74, 6) is 0.409. The summed E-state index contributed by atoms with van der Waals surface area (Å²) in [6.45, 7) is 4.16. The molecule has 0 aliphatic carbocycles. The summed E-state index contributed by atoms with van der Waals surface area (Å²) in [7, 11) is -1.87. The summed E-state index contributed by atoms with van der Waals surface area (Å²) < 4.78 is 25.5. The van der Waals surface area contributed by atoms with Crippen LogP contribution >= 0.6 is 0 Å². The molecule has 1 unspecified atom stereocenters. The van der Waals surface area contributed by atoms with Gasteiger partial charge in [0.25, 0.3) is 0 Å². The zero-order chi connectivity index (χ0) is 12.9. The Bertz CT molecular complexity index is 369. The van der Waals surface area contributed by atoms with Crippen molar-refractivity contribution in [2.75, 3.05) is 26.7 Å². The van der Waals surface area contributed by atoms with Crippen LogP contribution in [0, 0.1) is 17.2 Å². The minimum atomic E-state index is -3.45.